The summed E-state index contributed by atoms with van der Waals surface area (Å²) < 4.78 is 17.7. The van der Waals surface area contributed by atoms with Gasteiger partial charge in [0, 0.05) is 42.8 Å². The van der Waals surface area contributed by atoms with Crippen LogP contribution in [0.15, 0.2) is 40.8 Å². The van der Waals surface area contributed by atoms with Crippen LogP contribution in [0.1, 0.15) is 24.8 Å². The first kappa shape index (κ1) is 25.1. The molecule has 0 saturated carbocycles. The number of rotatable bonds is 8. The fraction of sp³-hybridized carbons (Fsp3) is 0.462. The minimum absolute atomic E-state index is 0.0409. The van der Waals surface area contributed by atoms with Crippen LogP contribution in [-0.2, 0) is 16.0 Å². The van der Waals surface area contributed by atoms with E-state index in [0.717, 1.165) is 64.2 Å². The Kier molecular flexibility index (Phi) is 7.57. The SMILES string of the molecule is O=C(O)Cc1ccc(Cl)c(OCCC2(N3CCOCC3)CCN(c3nc4ccc(Cl)cc4o3)CC2)c1. The van der Waals surface area contributed by atoms with Crippen LogP contribution in [0.5, 0.6) is 5.75 Å². The van der Waals surface area contributed by atoms with Crippen LogP contribution in [0.2, 0.25) is 10.0 Å². The molecule has 10 heteroatoms. The number of ether oxygens (including phenoxy) is 2. The number of hydrogen-bond acceptors (Lipinski definition) is 7. The molecule has 0 aliphatic carbocycles. The normalized spacial score (nSPS) is 18.4. The van der Waals surface area contributed by atoms with Crippen molar-refractivity contribution < 1.29 is 23.8 Å². The van der Waals surface area contributed by atoms with Crippen LogP contribution < -0.4 is 9.64 Å². The van der Waals surface area contributed by atoms with Crippen LogP contribution in [0, 0.1) is 0 Å². The van der Waals surface area contributed by atoms with E-state index >= 15 is 0 Å². The summed E-state index contributed by atoms with van der Waals surface area (Å²) in [5, 5.41) is 10.2. The monoisotopic (exact) mass is 533 g/mol. The van der Waals surface area contributed by atoms with E-state index in [2.05, 4.69) is 14.8 Å². The molecule has 2 fully saturated rings. The molecule has 36 heavy (non-hydrogen) atoms. The number of piperidine rings is 1. The number of aromatic nitrogens is 1. The molecule has 0 bridgehead atoms. The Morgan fingerprint density at radius 2 is 1.86 bits per heavy atom. The van der Waals surface area contributed by atoms with Gasteiger partial charge in [0.2, 0.25) is 0 Å². The first-order chi connectivity index (χ1) is 17.4. The molecule has 3 heterocycles. The molecular weight excluding hydrogens is 505 g/mol. The maximum absolute atomic E-state index is 11.1. The van der Waals surface area contributed by atoms with Gasteiger partial charge in [-0.1, -0.05) is 29.3 Å². The molecular formula is C26H29Cl2N3O5. The fourth-order valence-electron chi connectivity index (χ4n) is 5.19. The van der Waals surface area contributed by atoms with E-state index in [1.165, 1.54) is 0 Å². The third kappa shape index (κ3) is 5.57. The Morgan fingerprint density at radius 1 is 1.08 bits per heavy atom. The molecule has 3 aromatic rings. The van der Waals surface area contributed by atoms with Crippen molar-refractivity contribution in [1.82, 2.24) is 9.88 Å². The summed E-state index contributed by atoms with van der Waals surface area (Å²) in [5.41, 5.74) is 2.12. The lowest BCUT2D eigenvalue weighted by Crippen LogP contribution is -2.59. The maximum atomic E-state index is 11.1. The van der Waals surface area contributed by atoms with E-state index < -0.39 is 5.97 Å². The fourth-order valence-corrected chi connectivity index (χ4v) is 5.53. The number of carboxylic acid groups (broad SMARTS) is 1. The second-order valence-electron chi connectivity index (χ2n) is 9.35. The summed E-state index contributed by atoms with van der Waals surface area (Å²) in [6.07, 6.45) is 2.62. The van der Waals surface area contributed by atoms with Gasteiger partial charge in [0.1, 0.15) is 11.3 Å². The summed E-state index contributed by atoms with van der Waals surface area (Å²) in [7, 11) is 0. The van der Waals surface area contributed by atoms with Crippen molar-refractivity contribution >= 4 is 46.3 Å². The van der Waals surface area contributed by atoms with Gasteiger partial charge in [-0.05, 0) is 49.1 Å². The molecule has 0 unspecified atom stereocenters. The van der Waals surface area contributed by atoms with Crippen molar-refractivity contribution in [3.05, 3.63) is 52.0 Å². The number of benzene rings is 2. The van der Waals surface area contributed by atoms with Gasteiger partial charge in [0.25, 0.3) is 6.01 Å². The lowest BCUT2D eigenvalue weighted by Gasteiger charge is -2.50. The van der Waals surface area contributed by atoms with Crippen molar-refractivity contribution in [1.29, 1.82) is 0 Å². The first-order valence-electron chi connectivity index (χ1n) is 12.2. The number of halogens is 2. The van der Waals surface area contributed by atoms with Crippen molar-refractivity contribution in [2.75, 3.05) is 50.9 Å². The molecule has 2 aliphatic heterocycles. The smallest absolute Gasteiger partial charge is 0.307 e. The zero-order chi connectivity index (χ0) is 25.1. The molecule has 1 aromatic heterocycles. The summed E-state index contributed by atoms with van der Waals surface area (Å²) in [6, 6.07) is 11.2. The average molecular weight is 534 g/mol. The summed E-state index contributed by atoms with van der Waals surface area (Å²) >= 11 is 12.4. The number of carbonyl (C=O) groups is 1. The second kappa shape index (κ2) is 10.8. The van der Waals surface area contributed by atoms with E-state index in [-0.39, 0.29) is 12.0 Å². The van der Waals surface area contributed by atoms with Crippen LogP contribution >= 0.6 is 23.2 Å². The minimum Gasteiger partial charge on any atom is -0.492 e. The predicted octanol–water partition coefficient (Wildman–Crippen LogP) is 4.90. The highest BCUT2D eigenvalue weighted by atomic mass is 35.5. The molecule has 5 rings (SSSR count). The summed E-state index contributed by atoms with van der Waals surface area (Å²) in [4.78, 5) is 20.5. The maximum Gasteiger partial charge on any atom is 0.307 e. The Morgan fingerprint density at radius 3 is 2.61 bits per heavy atom. The van der Waals surface area contributed by atoms with Crippen molar-refractivity contribution in [2.24, 2.45) is 0 Å². The van der Waals surface area contributed by atoms with Crippen molar-refractivity contribution in [3.63, 3.8) is 0 Å². The third-order valence-electron chi connectivity index (χ3n) is 7.16. The zero-order valence-electron chi connectivity index (χ0n) is 19.9. The molecule has 0 amide bonds. The highest BCUT2D eigenvalue weighted by Gasteiger charge is 2.41. The standard InChI is InChI=1S/C26H29Cl2N3O5/c27-19-2-4-21-23(17-19)36-25(29-21)30-8-5-26(6-9-30,31-10-13-34-14-11-31)7-12-35-22-15-18(16-24(32)33)1-3-20(22)28/h1-4,15,17H,5-14,16H2,(H,32,33). The quantitative estimate of drug-likeness (QED) is 0.437. The van der Waals surface area contributed by atoms with E-state index in [1.807, 2.05) is 12.1 Å². The topological polar surface area (TPSA) is 88.3 Å². The van der Waals surface area contributed by atoms with Gasteiger partial charge in [-0.15, -0.1) is 0 Å². The number of nitrogens with zero attached hydrogens (tertiary/aromatic N) is 3. The molecule has 1 N–H and O–H groups in total. The number of hydrogen-bond donors (Lipinski definition) is 1. The van der Waals surface area contributed by atoms with Gasteiger partial charge in [-0.2, -0.15) is 4.98 Å². The van der Waals surface area contributed by atoms with Gasteiger partial charge < -0.3 is 23.9 Å². The van der Waals surface area contributed by atoms with Gasteiger partial charge in [-0.25, -0.2) is 0 Å². The number of aliphatic carboxylic acids is 1. The molecule has 8 nitrogen and oxygen atoms in total. The summed E-state index contributed by atoms with van der Waals surface area (Å²) in [5.74, 6) is -0.363. The number of fused-ring (bicyclic) bond motifs is 1. The Labute approximate surface area is 219 Å². The zero-order valence-corrected chi connectivity index (χ0v) is 21.4. The van der Waals surface area contributed by atoms with Crippen LogP contribution in [-0.4, -0.2) is 72.5 Å². The lowest BCUT2D eigenvalue weighted by atomic mass is 9.82. The summed E-state index contributed by atoms with van der Waals surface area (Å²) in [6.45, 7) is 5.32. The highest BCUT2D eigenvalue weighted by Crippen LogP contribution is 2.36. The molecule has 2 aromatic carbocycles. The van der Waals surface area contributed by atoms with Gasteiger partial charge >= 0.3 is 5.97 Å². The van der Waals surface area contributed by atoms with E-state index in [0.29, 0.717) is 39.6 Å². The minimum atomic E-state index is -0.886. The number of oxazole rings is 1. The first-order valence-corrected chi connectivity index (χ1v) is 12.9. The third-order valence-corrected chi connectivity index (χ3v) is 7.71. The number of anilines is 1. The lowest BCUT2D eigenvalue weighted by molar-refractivity contribution is -0.136. The van der Waals surface area contributed by atoms with E-state index in [1.54, 1.807) is 24.3 Å². The molecule has 0 atom stereocenters. The van der Waals surface area contributed by atoms with Crippen molar-refractivity contribution in [3.8, 4) is 5.75 Å². The van der Waals surface area contributed by atoms with Crippen LogP contribution in [0.25, 0.3) is 11.1 Å². The van der Waals surface area contributed by atoms with Crippen LogP contribution in [0.3, 0.4) is 0 Å². The van der Waals surface area contributed by atoms with Crippen LogP contribution in [0.4, 0.5) is 6.01 Å². The van der Waals surface area contributed by atoms with Crippen molar-refractivity contribution in [2.45, 2.75) is 31.2 Å². The Bertz CT molecular complexity index is 1220. The van der Waals surface area contributed by atoms with Gasteiger partial charge in [0.05, 0.1) is 31.3 Å². The highest BCUT2D eigenvalue weighted by molar-refractivity contribution is 6.32. The average Bonchev–Trinajstić information content (AvgIpc) is 3.30. The Hall–Kier alpha value is -2.52. The molecule has 2 aliphatic rings. The molecule has 0 radical (unpaired) electrons. The van der Waals surface area contributed by atoms with E-state index in [4.69, 9.17) is 42.2 Å². The number of carboxylic acids is 1. The molecule has 192 valence electrons. The van der Waals surface area contributed by atoms with Gasteiger partial charge in [-0.3, -0.25) is 9.69 Å². The second-order valence-corrected chi connectivity index (χ2v) is 10.2. The largest absolute Gasteiger partial charge is 0.492 e. The van der Waals surface area contributed by atoms with E-state index in [9.17, 15) is 4.79 Å². The number of morpholine rings is 1. The predicted molar refractivity (Wildman–Crippen MR) is 138 cm³/mol. The molecule has 2 saturated heterocycles. The Balaban J connectivity index is 1.27. The van der Waals surface area contributed by atoms with Gasteiger partial charge in [0.15, 0.2) is 5.58 Å². The molecule has 0 spiro atoms.